The van der Waals surface area contributed by atoms with Crippen LogP contribution in [0, 0.1) is 0 Å². The fraction of sp³-hybridized carbons (Fsp3) is 0.526. The number of benzene rings is 1. The highest BCUT2D eigenvalue weighted by molar-refractivity contribution is 5.55. The Morgan fingerprint density at radius 3 is 2.44 bits per heavy atom. The van der Waals surface area contributed by atoms with Crippen molar-refractivity contribution in [2.24, 2.45) is 0 Å². The molecule has 1 fully saturated rings. The van der Waals surface area contributed by atoms with Gasteiger partial charge in [0.1, 0.15) is 5.75 Å². The van der Waals surface area contributed by atoms with Crippen molar-refractivity contribution in [2.75, 3.05) is 10.6 Å². The number of ether oxygens (including phenoxy) is 1. The molecule has 0 spiro atoms. The van der Waals surface area contributed by atoms with Gasteiger partial charge in [0, 0.05) is 11.7 Å². The third-order valence-corrected chi connectivity index (χ3v) is 4.25. The van der Waals surface area contributed by atoms with Crippen LogP contribution in [-0.2, 0) is 0 Å². The lowest BCUT2D eigenvalue weighted by Crippen LogP contribution is -2.19. The number of nitrogens with one attached hydrogen (secondary N) is 2. The Hall–Kier alpha value is -2.37. The molecule has 0 amide bonds. The summed E-state index contributed by atoms with van der Waals surface area (Å²) in [6.07, 6.45) is 9.49. The second kappa shape index (κ2) is 8.65. The maximum absolute atomic E-state index is 5.65. The molecular weight excluding hydrogens is 314 g/mol. The lowest BCUT2D eigenvalue weighted by atomic mass is 10.1. The minimum absolute atomic E-state index is 0.165. The van der Waals surface area contributed by atoms with Crippen LogP contribution in [0.4, 0.5) is 17.5 Å². The first-order valence-corrected chi connectivity index (χ1v) is 9.19. The summed E-state index contributed by atoms with van der Waals surface area (Å²) in [6, 6.07) is 8.26. The second-order valence-electron chi connectivity index (χ2n) is 6.81. The van der Waals surface area contributed by atoms with E-state index in [0.717, 1.165) is 17.3 Å². The number of rotatable bonds is 6. The maximum atomic E-state index is 5.65. The Kier molecular flexibility index (Phi) is 6.04. The molecule has 2 aromatic rings. The average Bonchev–Trinajstić information content (AvgIpc) is 2.85. The van der Waals surface area contributed by atoms with Crippen LogP contribution in [0.15, 0.2) is 30.5 Å². The highest BCUT2D eigenvalue weighted by Gasteiger charge is 2.13. The summed E-state index contributed by atoms with van der Waals surface area (Å²) < 4.78 is 5.65. The molecule has 1 aliphatic carbocycles. The van der Waals surface area contributed by atoms with E-state index in [-0.39, 0.29) is 6.10 Å². The lowest BCUT2D eigenvalue weighted by Gasteiger charge is -2.16. The topological polar surface area (TPSA) is 72.0 Å². The highest BCUT2D eigenvalue weighted by atomic mass is 16.5. The fourth-order valence-corrected chi connectivity index (χ4v) is 3.08. The molecule has 0 aliphatic heterocycles. The predicted molar refractivity (Wildman–Crippen MR) is 100 cm³/mol. The van der Waals surface area contributed by atoms with E-state index in [0.29, 0.717) is 12.0 Å². The average molecular weight is 341 g/mol. The Labute approximate surface area is 149 Å². The van der Waals surface area contributed by atoms with Crippen LogP contribution in [-0.4, -0.2) is 27.3 Å². The van der Waals surface area contributed by atoms with Gasteiger partial charge in [0.2, 0.25) is 5.95 Å². The lowest BCUT2D eigenvalue weighted by molar-refractivity contribution is 0.242. The van der Waals surface area contributed by atoms with Crippen molar-refractivity contribution in [3.8, 4) is 5.75 Å². The van der Waals surface area contributed by atoms with E-state index in [1.54, 1.807) is 6.20 Å². The van der Waals surface area contributed by atoms with Gasteiger partial charge in [-0.1, -0.05) is 25.7 Å². The Morgan fingerprint density at radius 2 is 1.76 bits per heavy atom. The van der Waals surface area contributed by atoms with Crippen molar-refractivity contribution < 1.29 is 4.74 Å². The van der Waals surface area contributed by atoms with Crippen molar-refractivity contribution in [3.63, 3.8) is 0 Å². The van der Waals surface area contributed by atoms with Gasteiger partial charge in [-0.2, -0.15) is 10.1 Å². The fourth-order valence-electron chi connectivity index (χ4n) is 3.08. The van der Waals surface area contributed by atoms with Crippen molar-refractivity contribution in [1.29, 1.82) is 0 Å². The zero-order chi connectivity index (χ0) is 17.5. The van der Waals surface area contributed by atoms with Crippen LogP contribution in [0.2, 0.25) is 0 Å². The van der Waals surface area contributed by atoms with Crippen LogP contribution < -0.4 is 15.4 Å². The first-order chi connectivity index (χ1) is 12.2. The Balaban J connectivity index is 1.61. The van der Waals surface area contributed by atoms with Crippen molar-refractivity contribution in [3.05, 3.63) is 30.5 Å². The number of hydrogen-bond donors (Lipinski definition) is 2. The molecule has 0 bridgehead atoms. The summed E-state index contributed by atoms with van der Waals surface area (Å²) >= 11 is 0. The Bertz CT molecular complexity index is 651. The van der Waals surface area contributed by atoms with Crippen molar-refractivity contribution in [2.45, 2.75) is 64.5 Å². The van der Waals surface area contributed by atoms with E-state index in [1.165, 1.54) is 38.5 Å². The van der Waals surface area contributed by atoms with Gasteiger partial charge in [0.25, 0.3) is 0 Å². The molecule has 1 aromatic carbocycles. The minimum Gasteiger partial charge on any atom is -0.491 e. The standard InChI is InChI=1S/C19H27N5O/c1-14(2)25-17-11-9-16(10-12-17)22-19-23-18(13-20-24-19)21-15-7-5-3-4-6-8-15/h9-15H,3-8H2,1-2H3,(H2,21,22,23,24). The van der Waals surface area contributed by atoms with E-state index < -0.39 is 0 Å². The molecule has 1 heterocycles. The number of nitrogens with zero attached hydrogens (tertiary/aromatic N) is 3. The van der Waals surface area contributed by atoms with Gasteiger partial charge in [-0.3, -0.25) is 0 Å². The van der Waals surface area contributed by atoms with Crippen LogP contribution >= 0.6 is 0 Å². The molecule has 2 N–H and O–H groups in total. The monoisotopic (exact) mass is 341 g/mol. The molecule has 3 rings (SSSR count). The van der Waals surface area contributed by atoms with E-state index in [9.17, 15) is 0 Å². The molecule has 134 valence electrons. The first-order valence-electron chi connectivity index (χ1n) is 9.19. The van der Waals surface area contributed by atoms with Gasteiger partial charge >= 0.3 is 0 Å². The van der Waals surface area contributed by atoms with Gasteiger partial charge in [0.15, 0.2) is 5.82 Å². The van der Waals surface area contributed by atoms with Crippen LogP contribution in [0.25, 0.3) is 0 Å². The number of aromatic nitrogens is 3. The summed E-state index contributed by atoms with van der Waals surface area (Å²) in [5.74, 6) is 2.13. The second-order valence-corrected chi connectivity index (χ2v) is 6.81. The molecule has 0 radical (unpaired) electrons. The molecule has 0 saturated heterocycles. The molecule has 6 nitrogen and oxygen atoms in total. The SMILES string of the molecule is CC(C)Oc1ccc(Nc2nncc(NC3CCCCCC3)n2)cc1. The zero-order valence-electron chi connectivity index (χ0n) is 15.0. The van der Waals surface area contributed by atoms with Gasteiger partial charge in [-0.15, -0.1) is 5.10 Å². The quantitative estimate of drug-likeness (QED) is 0.752. The minimum atomic E-state index is 0.165. The van der Waals surface area contributed by atoms with Gasteiger partial charge in [-0.25, -0.2) is 0 Å². The maximum Gasteiger partial charge on any atom is 0.249 e. The van der Waals surface area contributed by atoms with Gasteiger partial charge in [0.05, 0.1) is 12.3 Å². The van der Waals surface area contributed by atoms with Crippen molar-refractivity contribution >= 4 is 17.5 Å². The largest absolute Gasteiger partial charge is 0.491 e. The molecule has 6 heteroatoms. The summed E-state index contributed by atoms with van der Waals surface area (Å²) in [5.41, 5.74) is 0.907. The molecule has 0 unspecified atom stereocenters. The molecule has 0 atom stereocenters. The summed E-state index contributed by atoms with van der Waals surface area (Å²) in [7, 11) is 0. The highest BCUT2D eigenvalue weighted by Crippen LogP contribution is 2.22. The molecule has 1 saturated carbocycles. The first kappa shape index (κ1) is 17.5. The van der Waals surface area contributed by atoms with Crippen molar-refractivity contribution in [1.82, 2.24) is 15.2 Å². The smallest absolute Gasteiger partial charge is 0.249 e. The third-order valence-electron chi connectivity index (χ3n) is 4.25. The normalized spacial score (nSPS) is 15.6. The van der Waals surface area contributed by atoms with E-state index in [1.807, 2.05) is 38.1 Å². The number of anilines is 3. The summed E-state index contributed by atoms with van der Waals surface area (Å²) in [5, 5.41) is 14.8. The van der Waals surface area contributed by atoms with Gasteiger partial charge < -0.3 is 15.4 Å². The third kappa shape index (κ3) is 5.59. The molecule has 25 heavy (non-hydrogen) atoms. The van der Waals surface area contributed by atoms with E-state index in [2.05, 4.69) is 25.8 Å². The predicted octanol–water partition coefficient (Wildman–Crippen LogP) is 4.54. The van der Waals surface area contributed by atoms with Gasteiger partial charge in [-0.05, 0) is 51.0 Å². The van der Waals surface area contributed by atoms with Crippen LogP contribution in [0.5, 0.6) is 5.75 Å². The Morgan fingerprint density at radius 1 is 1.04 bits per heavy atom. The van der Waals surface area contributed by atoms with E-state index in [4.69, 9.17) is 4.74 Å². The molecule has 1 aliphatic rings. The molecule has 1 aromatic heterocycles. The summed E-state index contributed by atoms with van der Waals surface area (Å²) in [4.78, 5) is 4.54. The number of hydrogen-bond acceptors (Lipinski definition) is 6. The summed E-state index contributed by atoms with van der Waals surface area (Å²) in [6.45, 7) is 4.02. The molecular formula is C19H27N5O. The van der Waals surface area contributed by atoms with Crippen LogP contribution in [0.1, 0.15) is 52.4 Å². The van der Waals surface area contributed by atoms with E-state index >= 15 is 0 Å². The van der Waals surface area contributed by atoms with Crippen LogP contribution in [0.3, 0.4) is 0 Å². The zero-order valence-corrected chi connectivity index (χ0v) is 15.0.